The van der Waals surface area contributed by atoms with Gasteiger partial charge in [0.1, 0.15) is 5.03 Å². The Morgan fingerprint density at radius 3 is 2.69 bits per heavy atom. The van der Waals surface area contributed by atoms with Crippen molar-refractivity contribution in [2.45, 2.75) is 56.0 Å². The van der Waals surface area contributed by atoms with Crippen molar-refractivity contribution in [2.75, 3.05) is 18.4 Å². The molecule has 1 aromatic carbocycles. The van der Waals surface area contributed by atoms with Gasteiger partial charge in [-0.05, 0) is 66.5 Å². The van der Waals surface area contributed by atoms with E-state index in [0.717, 1.165) is 49.0 Å². The van der Waals surface area contributed by atoms with Gasteiger partial charge in [0, 0.05) is 43.3 Å². The number of carboxylic acid groups (broad SMARTS) is 1. The third-order valence-corrected chi connectivity index (χ3v) is 8.81. The largest absolute Gasteiger partial charge is 0.481 e. The van der Waals surface area contributed by atoms with Crippen molar-refractivity contribution in [3.8, 4) is 0 Å². The molecule has 2 bridgehead atoms. The van der Waals surface area contributed by atoms with Crippen LogP contribution in [0.1, 0.15) is 45.1 Å². The number of nitrogens with one attached hydrogen (secondary N) is 1. The lowest BCUT2D eigenvalue weighted by Gasteiger charge is -2.53. The highest BCUT2D eigenvalue weighted by molar-refractivity contribution is 7.99. The van der Waals surface area contributed by atoms with Crippen LogP contribution in [0.2, 0.25) is 0 Å². The molecule has 5 rings (SSSR count). The van der Waals surface area contributed by atoms with Crippen molar-refractivity contribution in [3.05, 3.63) is 36.2 Å². The van der Waals surface area contributed by atoms with E-state index in [0.29, 0.717) is 36.0 Å². The van der Waals surface area contributed by atoms with E-state index in [1.807, 2.05) is 0 Å². The number of benzene rings is 1. The van der Waals surface area contributed by atoms with Crippen LogP contribution in [0, 0.1) is 29.6 Å². The Kier molecular flexibility index (Phi) is 6.12. The second-order valence-corrected chi connectivity index (χ2v) is 11.0. The molecule has 170 valence electrons. The van der Waals surface area contributed by atoms with E-state index in [-0.39, 0.29) is 0 Å². The number of carbonyl (C=O) groups is 1. The number of rotatable bonds is 6. The molecule has 3 aliphatic rings. The van der Waals surface area contributed by atoms with E-state index in [9.17, 15) is 4.79 Å². The summed E-state index contributed by atoms with van der Waals surface area (Å²) >= 11 is 1.67. The molecule has 32 heavy (non-hydrogen) atoms. The number of carboxylic acids is 1. The summed E-state index contributed by atoms with van der Waals surface area (Å²) in [6, 6.07) is 6.71. The molecule has 2 fully saturated rings. The van der Waals surface area contributed by atoms with Crippen molar-refractivity contribution < 1.29 is 9.90 Å². The minimum Gasteiger partial charge on any atom is -0.481 e. The second-order valence-electron chi connectivity index (χ2n) is 9.93. The van der Waals surface area contributed by atoms with E-state index in [2.05, 4.69) is 52.2 Å². The highest BCUT2D eigenvalue weighted by Crippen LogP contribution is 2.48. The smallest absolute Gasteiger partial charge is 0.303 e. The van der Waals surface area contributed by atoms with E-state index in [1.165, 1.54) is 16.9 Å². The Balaban J connectivity index is 1.28. The zero-order chi connectivity index (χ0) is 22.2. The number of piperidine rings is 1. The minimum atomic E-state index is -0.665. The third kappa shape index (κ3) is 4.37. The molecule has 4 unspecified atom stereocenters. The Hall–Kier alpha value is -2.12. The Morgan fingerprint density at radius 1 is 1.19 bits per heavy atom. The SMILES string of the molecule is CC1CC(C)C2CN(Cc3ccc4c(c3)Nc3nccnc3S4)CC1C2CCCC(=O)O. The number of hydrogen-bond donors (Lipinski definition) is 2. The van der Waals surface area contributed by atoms with Crippen LogP contribution in [0.25, 0.3) is 0 Å². The molecule has 1 saturated carbocycles. The first-order chi connectivity index (χ1) is 15.5. The fourth-order valence-electron chi connectivity index (χ4n) is 6.28. The average molecular weight is 453 g/mol. The normalized spacial score (nSPS) is 29.0. The Labute approximate surface area is 194 Å². The summed E-state index contributed by atoms with van der Waals surface area (Å²) in [5.41, 5.74) is 2.44. The lowest BCUT2D eigenvalue weighted by Crippen LogP contribution is -2.53. The zero-order valence-corrected chi connectivity index (χ0v) is 19.6. The molecule has 0 spiro atoms. The van der Waals surface area contributed by atoms with Crippen molar-refractivity contribution in [1.82, 2.24) is 14.9 Å². The summed E-state index contributed by atoms with van der Waals surface area (Å²) in [6.45, 7) is 8.01. The number of anilines is 2. The molecule has 3 heterocycles. The monoisotopic (exact) mass is 452 g/mol. The lowest BCUT2D eigenvalue weighted by molar-refractivity contribution is -0.137. The van der Waals surface area contributed by atoms with E-state index >= 15 is 0 Å². The van der Waals surface area contributed by atoms with Crippen LogP contribution in [0.4, 0.5) is 11.5 Å². The molecular weight excluding hydrogens is 420 g/mol. The molecule has 0 amide bonds. The molecule has 1 aliphatic carbocycles. The number of hydrogen-bond acceptors (Lipinski definition) is 6. The van der Waals surface area contributed by atoms with Gasteiger partial charge >= 0.3 is 5.97 Å². The van der Waals surface area contributed by atoms with Crippen LogP contribution in [-0.4, -0.2) is 39.0 Å². The fraction of sp³-hybridized carbons (Fsp3) is 0.560. The summed E-state index contributed by atoms with van der Waals surface area (Å²) in [6.07, 6.45) is 6.94. The van der Waals surface area contributed by atoms with Crippen LogP contribution in [0.5, 0.6) is 0 Å². The van der Waals surface area contributed by atoms with E-state index in [1.54, 1.807) is 24.2 Å². The summed E-state index contributed by atoms with van der Waals surface area (Å²) in [7, 11) is 0. The van der Waals surface area contributed by atoms with E-state index in [4.69, 9.17) is 5.11 Å². The van der Waals surface area contributed by atoms with Gasteiger partial charge in [0.15, 0.2) is 5.82 Å². The van der Waals surface area contributed by atoms with E-state index < -0.39 is 5.97 Å². The summed E-state index contributed by atoms with van der Waals surface area (Å²) in [4.78, 5) is 23.7. The van der Waals surface area contributed by atoms with Gasteiger partial charge < -0.3 is 10.4 Å². The first kappa shape index (κ1) is 21.7. The van der Waals surface area contributed by atoms with Crippen molar-refractivity contribution in [3.63, 3.8) is 0 Å². The van der Waals surface area contributed by atoms with Crippen LogP contribution in [0.15, 0.2) is 40.5 Å². The highest BCUT2D eigenvalue weighted by atomic mass is 32.2. The van der Waals surface area contributed by atoms with Crippen molar-refractivity contribution >= 4 is 29.2 Å². The van der Waals surface area contributed by atoms with Gasteiger partial charge in [-0.25, -0.2) is 9.97 Å². The average Bonchev–Trinajstić information content (AvgIpc) is 2.76. The minimum absolute atomic E-state index is 0.302. The standard InChI is InChI=1S/C25H32N4O2S/c1-15-10-16(2)20-14-29(13-19(15)18(20)4-3-5-23(30)31)12-17-6-7-22-21(11-17)28-24-25(32-22)27-9-8-26-24/h6-9,11,15-16,18-20H,3-5,10,12-14H2,1-2H3,(H,26,28)(H,30,31). The van der Waals surface area contributed by atoms with Gasteiger partial charge in [0.25, 0.3) is 0 Å². The van der Waals surface area contributed by atoms with Gasteiger partial charge in [-0.3, -0.25) is 9.69 Å². The summed E-state index contributed by atoms with van der Waals surface area (Å²) < 4.78 is 0. The maximum atomic E-state index is 11.0. The molecule has 2 aromatic rings. The second kappa shape index (κ2) is 9.02. The first-order valence-corrected chi connectivity index (χ1v) is 12.6. The van der Waals surface area contributed by atoms with Crippen molar-refractivity contribution in [2.24, 2.45) is 29.6 Å². The fourth-order valence-corrected chi connectivity index (χ4v) is 7.16. The maximum absolute atomic E-state index is 11.0. The number of nitrogens with zero attached hydrogens (tertiary/aromatic N) is 3. The molecule has 1 aromatic heterocycles. The topological polar surface area (TPSA) is 78.3 Å². The number of fused-ring (bicyclic) bond motifs is 4. The maximum Gasteiger partial charge on any atom is 0.303 e. The molecule has 2 aliphatic heterocycles. The predicted octanol–water partition coefficient (Wildman–Crippen LogP) is 5.28. The number of likely N-dealkylation sites (tertiary alicyclic amines) is 1. The molecular formula is C25H32N4O2S. The van der Waals surface area contributed by atoms with Crippen LogP contribution < -0.4 is 5.32 Å². The predicted molar refractivity (Wildman–Crippen MR) is 126 cm³/mol. The quantitative estimate of drug-likeness (QED) is 0.527. The lowest BCUT2D eigenvalue weighted by atomic mass is 9.59. The number of aliphatic carboxylic acids is 1. The van der Waals surface area contributed by atoms with Gasteiger partial charge in [0.05, 0.1) is 5.69 Å². The van der Waals surface area contributed by atoms with Gasteiger partial charge in [-0.1, -0.05) is 31.7 Å². The molecule has 2 N–H and O–H groups in total. The summed E-state index contributed by atoms with van der Waals surface area (Å²) in [5, 5.41) is 13.4. The van der Waals surface area contributed by atoms with Crippen LogP contribution in [-0.2, 0) is 11.3 Å². The molecule has 7 heteroatoms. The van der Waals surface area contributed by atoms with Crippen LogP contribution in [0.3, 0.4) is 0 Å². The Morgan fingerprint density at radius 2 is 1.94 bits per heavy atom. The Bertz CT molecular complexity index is 982. The summed E-state index contributed by atoms with van der Waals surface area (Å²) in [5.74, 6) is 3.59. The van der Waals surface area contributed by atoms with Gasteiger partial charge in [-0.2, -0.15) is 0 Å². The first-order valence-electron chi connectivity index (χ1n) is 11.8. The molecule has 0 radical (unpaired) electrons. The van der Waals surface area contributed by atoms with Crippen molar-refractivity contribution in [1.29, 1.82) is 0 Å². The molecule has 6 nitrogen and oxygen atoms in total. The zero-order valence-electron chi connectivity index (χ0n) is 18.8. The van der Waals surface area contributed by atoms with Gasteiger partial charge in [0.2, 0.25) is 0 Å². The molecule has 1 saturated heterocycles. The third-order valence-electron chi connectivity index (χ3n) is 7.75. The highest BCUT2D eigenvalue weighted by Gasteiger charge is 2.45. The van der Waals surface area contributed by atoms with Gasteiger partial charge in [-0.15, -0.1) is 0 Å². The molecule has 4 atom stereocenters. The van der Waals surface area contributed by atoms with Crippen LogP contribution >= 0.6 is 11.8 Å². The number of aromatic nitrogens is 2.